The topological polar surface area (TPSA) is 64.9 Å². The zero-order valence-corrected chi connectivity index (χ0v) is 10.5. The molecule has 90 valence electrons. The largest absolute Gasteiger partial charge is 0.338 e. The minimum atomic E-state index is -0.102. The van der Waals surface area contributed by atoms with E-state index in [4.69, 9.17) is 10.3 Å². The molecule has 0 aromatic carbocycles. The van der Waals surface area contributed by atoms with Crippen LogP contribution in [-0.4, -0.2) is 22.1 Å². The summed E-state index contributed by atoms with van der Waals surface area (Å²) < 4.78 is 5.24. The highest BCUT2D eigenvalue weighted by molar-refractivity contribution is 7.98. The molecule has 2 rings (SSSR count). The van der Waals surface area contributed by atoms with E-state index in [0.29, 0.717) is 11.8 Å². The minimum Gasteiger partial charge on any atom is -0.338 e. The summed E-state index contributed by atoms with van der Waals surface area (Å²) in [7, 11) is 0. The average molecular weight is 241 g/mol. The lowest BCUT2D eigenvalue weighted by atomic mass is 10.1. The highest BCUT2D eigenvalue weighted by atomic mass is 32.2. The third-order valence-electron chi connectivity index (χ3n) is 3.13. The molecular weight excluding hydrogens is 222 g/mol. The molecule has 4 nitrogen and oxygen atoms in total. The van der Waals surface area contributed by atoms with Gasteiger partial charge in [0.25, 0.3) is 0 Å². The quantitative estimate of drug-likeness (QED) is 0.858. The first-order chi connectivity index (χ1) is 7.81. The maximum absolute atomic E-state index is 5.98. The summed E-state index contributed by atoms with van der Waals surface area (Å²) in [6.45, 7) is 0. The van der Waals surface area contributed by atoms with Gasteiger partial charge in [0, 0.05) is 5.92 Å². The van der Waals surface area contributed by atoms with Crippen molar-refractivity contribution in [1.82, 2.24) is 10.1 Å². The van der Waals surface area contributed by atoms with Crippen LogP contribution in [0.25, 0.3) is 0 Å². The number of rotatable bonds is 5. The fourth-order valence-electron chi connectivity index (χ4n) is 2.12. The van der Waals surface area contributed by atoms with Crippen molar-refractivity contribution in [3.05, 3.63) is 11.7 Å². The number of hydrogen-bond donors (Lipinski definition) is 1. The molecule has 1 aliphatic carbocycles. The van der Waals surface area contributed by atoms with Crippen LogP contribution in [0.5, 0.6) is 0 Å². The molecule has 0 aliphatic heterocycles. The first-order valence-corrected chi connectivity index (χ1v) is 7.28. The van der Waals surface area contributed by atoms with E-state index in [-0.39, 0.29) is 6.04 Å². The summed E-state index contributed by atoms with van der Waals surface area (Å²) in [5, 5.41) is 4.05. The standard InChI is InChI=1S/C11H19N3OS/c1-16-7-6-9(12)11-13-10(14-15-11)8-4-2-3-5-8/h8-9H,2-7,12H2,1H3. The Bertz CT molecular complexity index is 323. The van der Waals surface area contributed by atoms with Crippen molar-refractivity contribution in [1.29, 1.82) is 0 Å². The molecule has 1 aromatic heterocycles. The molecule has 0 radical (unpaired) electrons. The molecule has 1 aromatic rings. The van der Waals surface area contributed by atoms with Gasteiger partial charge in [0.15, 0.2) is 5.82 Å². The highest BCUT2D eigenvalue weighted by Crippen LogP contribution is 2.32. The van der Waals surface area contributed by atoms with Crippen molar-refractivity contribution in [2.45, 2.75) is 44.1 Å². The molecule has 1 fully saturated rings. The second-order valence-corrected chi connectivity index (χ2v) is 5.35. The van der Waals surface area contributed by atoms with Crippen LogP contribution >= 0.6 is 11.8 Å². The third-order valence-corrected chi connectivity index (χ3v) is 3.77. The zero-order valence-electron chi connectivity index (χ0n) is 9.69. The van der Waals surface area contributed by atoms with E-state index < -0.39 is 0 Å². The maximum atomic E-state index is 5.98. The van der Waals surface area contributed by atoms with Gasteiger partial charge in [0.05, 0.1) is 6.04 Å². The van der Waals surface area contributed by atoms with Gasteiger partial charge in [-0.1, -0.05) is 18.0 Å². The van der Waals surface area contributed by atoms with Gasteiger partial charge in [0.2, 0.25) is 5.89 Å². The summed E-state index contributed by atoms with van der Waals surface area (Å²) in [4.78, 5) is 4.43. The fraction of sp³-hybridized carbons (Fsp3) is 0.818. The van der Waals surface area contributed by atoms with E-state index in [2.05, 4.69) is 16.4 Å². The normalized spacial score (nSPS) is 19.1. The van der Waals surface area contributed by atoms with Crippen LogP contribution in [0.1, 0.15) is 55.8 Å². The van der Waals surface area contributed by atoms with Crippen LogP contribution in [0.2, 0.25) is 0 Å². The second kappa shape index (κ2) is 5.68. The Morgan fingerprint density at radius 2 is 2.25 bits per heavy atom. The van der Waals surface area contributed by atoms with Gasteiger partial charge in [-0.15, -0.1) is 0 Å². The van der Waals surface area contributed by atoms with Crippen molar-refractivity contribution >= 4 is 11.8 Å². The fourth-order valence-corrected chi connectivity index (χ4v) is 2.61. The summed E-state index contributed by atoms with van der Waals surface area (Å²) in [6, 6.07) is -0.102. The smallest absolute Gasteiger partial charge is 0.243 e. The predicted molar refractivity (Wildman–Crippen MR) is 65.4 cm³/mol. The summed E-state index contributed by atoms with van der Waals surface area (Å²) in [5.74, 6) is 3.01. The number of thioether (sulfide) groups is 1. The van der Waals surface area contributed by atoms with Crippen LogP contribution in [0.3, 0.4) is 0 Å². The predicted octanol–water partition coefficient (Wildman–Crippen LogP) is 2.48. The molecule has 0 saturated heterocycles. The van der Waals surface area contributed by atoms with Gasteiger partial charge < -0.3 is 10.3 Å². The van der Waals surface area contributed by atoms with Gasteiger partial charge in [-0.05, 0) is 31.3 Å². The molecule has 1 unspecified atom stereocenters. The lowest BCUT2D eigenvalue weighted by Gasteiger charge is -2.04. The Labute approximate surface area is 100 Å². The van der Waals surface area contributed by atoms with Crippen LogP contribution in [0.4, 0.5) is 0 Å². The summed E-state index contributed by atoms with van der Waals surface area (Å²) >= 11 is 1.79. The van der Waals surface area contributed by atoms with Crippen molar-refractivity contribution in [2.75, 3.05) is 12.0 Å². The van der Waals surface area contributed by atoms with E-state index in [1.165, 1.54) is 25.7 Å². The van der Waals surface area contributed by atoms with Gasteiger partial charge in [-0.3, -0.25) is 0 Å². The number of nitrogens with two attached hydrogens (primary N) is 1. The number of nitrogens with zero attached hydrogens (tertiary/aromatic N) is 2. The molecule has 1 saturated carbocycles. The Hall–Kier alpha value is -0.550. The molecule has 5 heteroatoms. The van der Waals surface area contributed by atoms with E-state index in [0.717, 1.165) is 18.0 Å². The molecular formula is C11H19N3OS. The molecule has 2 N–H and O–H groups in total. The number of hydrogen-bond acceptors (Lipinski definition) is 5. The van der Waals surface area contributed by atoms with Crippen LogP contribution < -0.4 is 5.73 Å². The van der Waals surface area contributed by atoms with Crippen molar-refractivity contribution in [3.8, 4) is 0 Å². The molecule has 0 amide bonds. The van der Waals surface area contributed by atoms with Gasteiger partial charge in [-0.25, -0.2) is 0 Å². The third kappa shape index (κ3) is 2.77. The second-order valence-electron chi connectivity index (χ2n) is 4.36. The van der Waals surface area contributed by atoms with Crippen LogP contribution in [-0.2, 0) is 0 Å². The van der Waals surface area contributed by atoms with Crippen LogP contribution in [0, 0.1) is 0 Å². The van der Waals surface area contributed by atoms with Crippen molar-refractivity contribution < 1.29 is 4.52 Å². The number of aromatic nitrogens is 2. The van der Waals surface area contributed by atoms with Crippen molar-refractivity contribution in [2.24, 2.45) is 5.73 Å². The average Bonchev–Trinajstić information content (AvgIpc) is 2.94. The van der Waals surface area contributed by atoms with E-state index in [1.54, 1.807) is 11.8 Å². The summed E-state index contributed by atoms with van der Waals surface area (Å²) in [5.41, 5.74) is 5.98. The van der Waals surface area contributed by atoms with Crippen molar-refractivity contribution in [3.63, 3.8) is 0 Å². The lowest BCUT2D eigenvalue weighted by Crippen LogP contribution is -2.11. The maximum Gasteiger partial charge on any atom is 0.243 e. The van der Waals surface area contributed by atoms with E-state index in [1.807, 2.05) is 0 Å². The highest BCUT2D eigenvalue weighted by Gasteiger charge is 2.23. The molecule has 16 heavy (non-hydrogen) atoms. The summed E-state index contributed by atoms with van der Waals surface area (Å²) in [6.07, 6.45) is 7.93. The first kappa shape index (κ1) is 11.9. The lowest BCUT2D eigenvalue weighted by molar-refractivity contribution is 0.346. The molecule has 0 spiro atoms. The Balaban J connectivity index is 1.95. The minimum absolute atomic E-state index is 0.102. The monoisotopic (exact) mass is 241 g/mol. The van der Waals surface area contributed by atoms with Gasteiger partial charge in [0.1, 0.15) is 0 Å². The van der Waals surface area contributed by atoms with Crippen LogP contribution in [0.15, 0.2) is 4.52 Å². The molecule has 1 aliphatic rings. The Kier molecular flexibility index (Phi) is 4.23. The molecule has 1 heterocycles. The molecule has 1 atom stereocenters. The SMILES string of the molecule is CSCCC(N)c1nc(C2CCCC2)no1. The zero-order chi connectivity index (χ0) is 11.4. The van der Waals surface area contributed by atoms with E-state index >= 15 is 0 Å². The van der Waals surface area contributed by atoms with Gasteiger partial charge >= 0.3 is 0 Å². The Morgan fingerprint density at radius 3 is 2.94 bits per heavy atom. The first-order valence-electron chi connectivity index (χ1n) is 5.89. The Morgan fingerprint density at radius 1 is 1.50 bits per heavy atom. The molecule has 0 bridgehead atoms. The van der Waals surface area contributed by atoms with Gasteiger partial charge in [-0.2, -0.15) is 16.7 Å². The van der Waals surface area contributed by atoms with E-state index in [9.17, 15) is 0 Å².